The molecule has 1 aromatic rings. The first-order chi connectivity index (χ1) is 8.22. The van der Waals surface area contributed by atoms with E-state index in [0.717, 1.165) is 17.2 Å². The number of carbonyl (C=O) groups is 1. The van der Waals surface area contributed by atoms with Crippen LogP contribution in [-0.2, 0) is 0 Å². The molecule has 0 aliphatic rings. The number of rotatable bonds is 4. The number of anilines is 1. The predicted molar refractivity (Wildman–Crippen MR) is 57.5 cm³/mol. The van der Waals surface area contributed by atoms with Crippen molar-refractivity contribution in [1.29, 1.82) is 0 Å². The number of alkyl halides is 3. The second-order valence-electron chi connectivity index (χ2n) is 3.91. The van der Waals surface area contributed by atoms with E-state index in [-0.39, 0.29) is 11.4 Å². The molecule has 0 saturated carbocycles. The molecule has 8 heteroatoms. The maximum absolute atomic E-state index is 12.4. The first-order valence-corrected chi connectivity index (χ1v) is 5.10. The van der Waals surface area contributed by atoms with Crippen molar-refractivity contribution in [3.63, 3.8) is 0 Å². The Labute approximate surface area is 101 Å². The van der Waals surface area contributed by atoms with Gasteiger partial charge in [0.2, 0.25) is 0 Å². The summed E-state index contributed by atoms with van der Waals surface area (Å²) in [4.78, 5) is 11.8. The van der Waals surface area contributed by atoms with E-state index in [1.54, 1.807) is 0 Å². The minimum absolute atomic E-state index is 0.280. The third-order valence-corrected chi connectivity index (χ3v) is 2.18. The van der Waals surface area contributed by atoms with Gasteiger partial charge in [0.25, 0.3) is 0 Å². The molecule has 1 N–H and O–H groups in total. The van der Waals surface area contributed by atoms with Crippen molar-refractivity contribution < 1.29 is 23.1 Å². The van der Waals surface area contributed by atoms with Crippen LogP contribution in [0.5, 0.6) is 0 Å². The number of carboxylic acids is 1. The highest BCUT2D eigenvalue weighted by Gasteiger charge is 2.34. The summed E-state index contributed by atoms with van der Waals surface area (Å²) in [5, 5.41) is 15.9. The Kier molecular flexibility index (Phi) is 4.10. The lowest BCUT2D eigenvalue weighted by molar-refractivity contribution is -0.120. The summed E-state index contributed by atoms with van der Waals surface area (Å²) < 4.78 is 37.3. The molecule has 0 amide bonds. The van der Waals surface area contributed by atoms with E-state index >= 15 is 0 Å². The van der Waals surface area contributed by atoms with Crippen molar-refractivity contribution in [2.45, 2.75) is 26.1 Å². The van der Waals surface area contributed by atoms with Gasteiger partial charge in [-0.05, 0) is 19.9 Å². The maximum atomic E-state index is 12.4. The normalized spacial score (nSPS) is 11.7. The monoisotopic (exact) mass is 263 g/mol. The highest BCUT2D eigenvalue weighted by Crippen LogP contribution is 2.24. The molecule has 1 aromatic heterocycles. The third kappa shape index (κ3) is 3.57. The quantitative estimate of drug-likeness (QED) is 0.899. The minimum Gasteiger partial charge on any atom is -0.478 e. The molecule has 0 spiro atoms. The van der Waals surface area contributed by atoms with Gasteiger partial charge in [0, 0.05) is 6.04 Å². The molecule has 0 fully saturated rings. The van der Waals surface area contributed by atoms with Crippen molar-refractivity contribution in [2.75, 3.05) is 11.4 Å². The van der Waals surface area contributed by atoms with Gasteiger partial charge in [-0.3, -0.25) is 0 Å². The summed E-state index contributed by atoms with van der Waals surface area (Å²) in [6.07, 6.45) is -3.32. The average molecular weight is 263 g/mol. The van der Waals surface area contributed by atoms with E-state index in [2.05, 4.69) is 10.2 Å². The summed E-state index contributed by atoms with van der Waals surface area (Å²) in [7, 11) is 0. The van der Waals surface area contributed by atoms with E-state index in [1.807, 2.05) is 0 Å². The van der Waals surface area contributed by atoms with Crippen molar-refractivity contribution in [2.24, 2.45) is 0 Å². The molecule has 0 aliphatic heterocycles. The van der Waals surface area contributed by atoms with Gasteiger partial charge in [-0.2, -0.15) is 18.3 Å². The minimum atomic E-state index is -4.45. The summed E-state index contributed by atoms with van der Waals surface area (Å²) in [5.41, 5.74) is -0.303. The van der Waals surface area contributed by atoms with E-state index in [1.165, 1.54) is 13.8 Å². The van der Waals surface area contributed by atoms with Crippen LogP contribution in [0.3, 0.4) is 0 Å². The third-order valence-electron chi connectivity index (χ3n) is 2.18. The molecule has 0 unspecified atom stereocenters. The van der Waals surface area contributed by atoms with Crippen LogP contribution in [-0.4, -0.2) is 40.0 Å². The Balaban J connectivity index is 3.18. The van der Waals surface area contributed by atoms with E-state index < -0.39 is 24.7 Å². The van der Waals surface area contributed by atoms with Gasteiger partial charge in [0.1, 0.15) is 12.1 Å². The van der Waals surface area contributed by atoms with Gasteiger partial charge >= 0.3 is 12.1 Å². The van der Waals surface area contributed by atoms with Crippen LogP contribution in [0.4, 0.5) is 19.0 Å². The molecular formula is C10H12F3N3O2. The fourth-order valence-corrected chi connectivity index (χ4v) is 1.40. The smallest absolute Gasteiger partial charge is 0.405 e. The number of aromatic nitrogens is 2. The molecule has 0 radical (unpaired) electrons. The molecule has 100 valence electrons. The first-order valence-electron chi connectivity index (χ1n) is 5.10. The van der Waals surface area contributed by atoms with Gasteiger partial charge in [0.05, 0.1) is 6.20 Å². The number of halogens is 3. The second-order valence-corrected chi connectivity index (χ2v) is 3.91. The largest absolute Gasteiger partial charge is 0.478 e. The molecule has 0 saturated heterocycles. The van der Waals surface area contributed by atoms with Gasteiger partial charge in [-0.25, -0.2) is 4.79 Å². The van der Waals surface area contributed by atoms with Crippen LogP contribution in [0.25, 0.3) is 0 Å². The van der Waals surface area contributed by atoms with Crippen molar-refractivity contribution in [1.82, 2.24) is 10.2 Å². The maximum Gasteiger partial charge on any atom is 0.405 e. The molecule has 0 atom stereocenters. The van der Waals surface area contributed by atoms with Crippen LogP contribution in [0.15, 0.2) is 12.3 Å². The lowest BCUT2D eigenvalue weighted by Gasteiger charge is -2.29. The molecule has 18 heavy (non-hydrogen) atoms. The summed E-state index contributed by atoms with van der Waals surface area (Å²) in [6.45, 7) is 1.77. The Morgan fingerprint density at radius 2 is 2.11 bits per heavy atom. The SMILES string of the molecule is CC(C)N(CC(F)(F)F)c1nnccc1C(=O)O. The second kappa shape index (κ2) is 5.19. The zero-order valence-electron chi connectivity index (χ0n) is 9.77. The van der Waals surface area contributed by atoms with Crippen molar-refractivity contribution in [3.05, 3.63) is 17.8 Å². The van der Waals surface area contributed by atoms with E-state index in [4.69, 9.17) is 5.11 Å². The lowest BCUT2D eigenvalue weighted by Crippen LogP contribution is -2.40. The van der Waals surface area contributed by atoms with Crippen LogP contribution in [0, 0.1) is 0 Å². The molecule has 0 bridgehead atoms. The zero-order chi connectivity index (χ0) is 13.9. The molecule has 0 aromatic carbocycles. The summed E-state index contributed by atoms with van der Waals surface area (Å²) >= 11 is 0. The molecular weight excluding hydrogens is 251 g/mol. The van der Waals surface area contributed by atoms with Crippen molar-refractivity contribution >= 4 is 11.8 Å². The van der Waals surface area contributed by atoms with Gasteiger partial charge in [-0.15, -0.1) is 5.10 Å². The summed E-state index contributed by atoms with van der Waals surface area (Å²) in [6, 6.07) is 0.567. The van der Waals surface area contributed by atoms with Gasteiger partial charge < -0.3 is 10.0 Å². The standard InChI is InChI=1S/C10H12F3N3O2/c1-6(2)16(5-10(11,12)13)8-7(9(17)18)3-4-14-15-8/h3-4,6H,5H2,1-2H3,(H,17,18). The van der Waals surface area contributed by atoms with Gasteiger partial charge in [0.15, 0.2) is 5.82 Å². The highest BCUT2D eigenvalue weighted by atomic mass is 19.4. The van der Waals surface area contributed by atoms with Crippen molar-refractivity contribution in [3.8, 4) is 0 Å². The Hall–Kier alpha value is -1.86. The molecule has 0 aliphatic carbocycles. The highest BCUT2D eigenvalue weighted by molar-refractivity contribution is 5.93. The number of carboxylic acid groups (broad SMARTS) is 1. The number of hydrogen-bond acceptors (Lipinski definition) is 4. The molecule has 1 rings (SSSR count). The molecule has 1 heterocycles. The topological polar surface area (TPSA) is 66.3 Å². The predicted octanol–water partition coefficient (Wildman–Crippen LogP) is 1.95. The van der Waals surface area contributed by atoms with Crippen LogP contribution < -0.4 is 4.90 Å². The number of hydrogen-bond donors (Lipinski definition) is 1. The Morgan fingerprint density at radius 3 is 2.56 bits per heavy atom. The Bertz CT molecular complexity index is 435. The fraction of sp³-hybridized carbons (Fsp3) is 0.500. The molecule has 5 nitrogen and oxygen atoms in total. The average Bonchev–Trinajstić information content (AvgIpc) is 2.24. The van der Waals surface area contributed by atoms with E-state index in [9.17, 15) is 18.0 Å². The van der Waals surface area contributed by atoms with Crippen LogP contribution in [0.1, 0.15) is 24.2 Å². The van der Waals surface area contributed by atoms with Crippen LogP contribution in [0.2, 0.25) is 0 Å². The first kappa shape index (κ1) is 14.2. The number of aromatic carboxylic acids is 1. The van der Waals surface area contributed by atoms with E-state index in [0.29, 0.717) is 0 Å². The lowest BCUT2D eigenvalue weighted by atomic mass is 10.2. The fourth-order valence-electron chi connectivity index (χ4n) is 1.40. The Morgan fingerprint density at radius 1 is 1.50 bits per heavy atom. The summed E-state index contributed by atoms with van der Waals surface area (Å²) in [5.74, 6) is -1.62. The zero-order valence-corrected chi connectivity index (χ0v) is 9.77. The van der Waals surface area contributed by atoms with Gasteiger partial charge in [-0.1, -0.05) is 0 Å². The number of nitrogens with zero attached hydrogens (tertiary/aromatic N) is 3. The van der Waals surface area contributed by atoms with Crippen LogP contribution >= 0.6 is 0 Å².